The lowest BCUT2D eigenvalue weighted by molar-refractivity contribution is 0.102. The fraction of sp³-hybridized carbons (Fsp3) is 0. The van der Waals surface area contributed by atoms with Gasteiger partial charge in [-0.15, -0.1) is 0 Å². The Balaban J connectivity index is 2.02. The summed E-state index contributed by atoms with van der Waals surface area (Å²) in [6, 6.07) is 15.9. The lowest BCUT2D eigenvalue weighted by Gasteiger charge is -2.08. The Bertz CT molecular complexity index is 833. The fourth-order valence-electron chi connectivity index (χ4n) is 2.10. The molecule has 1 aromatic heterocycles. The van der Waals surface area contributed by atoms with Crippen molar-refractivity contribution in [1.82, 2.24) is 4.98 Å². The second-order valence-corrected chi connectivity index (χ2v) is 5.30. The number of nitrogens with zero attached hydrogens (tertiary/aromatic N) is 1. The number of pyridine rings is 1. The molecule has 0 fully saturated rings. The molecule has 3 aromatic rings. The molecule has 0 saturated carbocycles. The number of anilines is 1. The highest BCUT2D eigenvalue weighted by Crippen LogP contribution is 2.22. The van der Waals surface area contributed by atoms with Crippen molar-refractivity contribution < 1.29 is 4.79 Å². The smallest absolute Gasteiger partial charge is 0.256 e. The minimum Gasteiger partial charge on any atom is -0.322 e. The zero-order chi connectivity index (χ0) is 14.8. The van der Waals surface area contributed by atoms with E-state index < -0.39 is 0 Å². The highest BCUT2D eigenvalue weighted by molar-refractivity contribution is 6.31. The van der Waals surface area contributed by atoms with E-state index in [0.29, 0.717) is 21.8 Å². The van der Waals surface area contributed by atoms with Crippen molar-refractivity contribution >= 4 is 45.7 Å². The zero-order valence-electron chi connectivity index (χ0n) is 10.8. The van der Waals surface area contributed by atoms with Gasteiger partial charge in [0.15, 0.2) is 0 Å². The van der Waals surface area contributed by atoms with Crippen LogP contribution >= 0.6 is 23.2 Å². The maximum Gasteiger partial charge on any atom is 0.256 e. The third-order valence-corrected chi connectivity index (χ3v) is 3.44. The number of benzene rings is 2. The standard InChI is InChI=1S/C16H10Cl2N2O/c17-10-4-3-5-11(8-10)19-16(21)13-9-15(18)20-14-7-2-1-6-12(13)14/h1-9H,(H,19,21). The predicted octanol–water partition coefficient (Wildman–Crippen LogP) is 4.79. The van der Waals surface area contributed by atoms with E-state index in [-0.39, 0.29) is 11.1 Å². The Morgan fingerprint density at radius 1 is 1.00 bits per heavy atom. The lowest BCUT2D eigenvalue weighted by atomic mass is 10.1. The van der Waals surface area contributed by atoms with E-state index in [2.05, 4.69) is 10.3 Å². The molecular formula is C16H10Cl2N2O. The number of fused-ring (bicyclic) bond motifs is 1. The van der Waals surface area contributed by atoms with Gasteiger partial charge in [-0.2, -0.15) is 0 Å². The van der Waals surface area contributed by atoms with Crippen LogP contribution < -0.4 is 5.32 Å². The number of hydrogen-bond acceptors (Lipinski definition) is 2. The van der Waals surface area contributed by atoms with E-state index in [1.165, 1.54) is 0 Å². The van der Waals surface area contributed by atoms with Crippen LogP contribution in [0.1, 0.15) is 10.4 Å². The SMILES string of the molecule is O=C(Nc1cccc(Cl)c1)c1cc(Cl)nc2ccccc12. The molecule has 2 aromatic carbocycles. The van der Waals surface area contributed by atoms with Crippen LogP contribution in [-0.4, -0.2) is 10.9 Å². The largest absolute Gasteiger partial charge is 0.322 e. The number of hydrogen-bond donors (Lipinski definition) is 1. The van der Waals surface area contributed by atoms with Crippen LogP contribution in [0.25, 0.3) is 10.9 Å². The molecule has 5 heteroatoms. The third kappa shape index (κ3) is 2.99. The average Bonchev–Trinajstić information content (AvgIpc) is 2.46. The Morgan fingerprint density at radius 3 is 2.62 bits per heavy atom. The van der Waals surface area contributed by atoms with Crippen LogP contribution in [0.4, 0.5) is 5.69 Å². The number of carbonyl (C=O) groups excluding carboxylic acids is 1. The van der Waals surface area contributed by atoms with Gasteiger partial charge in [0.2, 0.25) is 0 Å². The Morgan fingerprint density at radius 2 is 1.81 bits per heavy atom. The summed E-state index contributed by atoms with van der Waals surface area (Å²) in [6.07, 6.45) is 0. The van der Waals surface area contributed by atoms with Gasteiger partial charge in [-0.3, -0.25) is 4.79 Å². The topological polar surface area (TPSA) is 42.0 Å². The lowest BCUT2D eigenvalue weighted by Crippen LogP contribution is -2.12. The van der Waals surface area contributed by atoms with Gasteiger partial charge in [0.25, 0.3) is 5.91 Å². The first-order valence-corrected chi connectivity index (χ1v) is 7.01. The molecule has 1 heterocycles. The van der Waals surface area contributed by atoms with Crippen LogP contribution in [0.3, 0.4) is 0 Å². The molecule has 0 aliphatic rings. The molecule has 1 N–H and O–H groups in total. The molecule has 0 aliphatic heterocycles. The summed E-state index contributed by atoms with van der Waals surface area (Å²) in [5, 5.41) is 4.40. The first-order chi connectivity index (χ1) is 10.1. The van der Waals surface area contributed by atoms with Crippen LogP contribution in [0, 0.1) is 0 Å². The number of nitrogens with one attached hydrogen (secondary N) is 1. The summed E-state index contributed by atoms with van der Waals surface area (Å²) >= 11 is 11.9. The maximum absolute atomic E-state index is 12.5. The van der Waals surface area contributed by atoms with Crippen molar-refractivity contribution in [2.75, 3.05) is 5.32 Å². The molecule has 104 valence electrons. The number of rotatable bonds is 2. The highest BCUT2D eigenvalue weighted by Gasteiger charge is 2.12. The van der Waals surface area contributed by atoms with Gasteiger partial charge in [-0.1, -0.05) is 47.5 Å². The molecule has 0 spiro atoms. The van der Waals surface area contributed by atoms with Crippen molar-refractivity contribution in [2.24, 2.45) is 0 Å². The molecule has 0 saturated heterocycles. The first kappa shape index (κ1) is 13.9. The third-order valence-electron chi connectivity index (χ3n) is 3.01. The van der Waals surface area contributed by atoms with Crippen molar-refractivity contribution in [3.8, 4) is 0 Å². The van der Waals surface area contributed by atoms with E-state index >= 15 is 0 Å². The van der Waals surface area contributed by atoms with E-state index in [4.69, 9.17) is 23.2 Å². The van der Waals surface area contributed by atoms with Gasteiger partial charge in [0, 0.05) is 16.1 Å². The van der Waals surface area contributed by atoms with Crippen molar-refractivity contribution in [3.05, 3.63) is 70.3 Å². The van der Waals surface area contributed by atoms with Gasteiger partial charge in [0.1, 0.15) is 5.15 Å². The molecule has 0 radical (unpaired) electrons. The van der Waals surface area contributed by atoms with E-state index in [0.717, 1.165) is 5.39 Å². The number of amides is 1. The van der Waals surface area contributed by atoms with E-state index in [1.54, 1.807) is 30.3 Å². The van der Waals surface area contributed by atoms with E-state index in [1.807, 2.05) is 24.3 Å². The monoisotopic (exact) mass is 316 g/mol. The molecule has 0 aliphatic carbocycles. The first-order valence-electron chi connectivity index (χ1n) is 6.26. The summed E-state index contributed by atoms with van der Waals surface area (Å²) in [7, 11) is 0. The summed E-state index contributed by atoms with van der Waals surface area (Å²) < 4.78 is 0. The van der Waals surface area contributed by atoms with Crippen LogP contribution in [-0.2, 0) is 0 Å². The number of para-hydroxylation sites is 1. The molecule has 3 nitrogen and oxygen atoms in total. The minimum absolute atomic E-state index is 0.252. The summed E-state index contributed by atoms with van der Waals surface area (Å²) in [4.78, 5) is 16.7. The summed E-state index contributed by atoms with van der Waals surface area (Å²) in [5.74, 6) is -0.252. The molecule has 21 heavy (non-hydrogen) atoms. The predicted molar refractivity (Wildman–Crippen MR) is 86.2 cm³/mol. The van der Waals surface area contributed by atoms with Gasteiger partial charge in [0.05, 0.1) is 11.1 Å². The molecule has 1 amide bonds. The molecule has 3 rings (SSSR count). The van der Waals surface area contributed by atoms with Crippen molar-refractivity contribution in [3.63, 3.8) is 0 Å². The Hall–Kier alpha value is -2.10. The summed E-state index contributed by atoms with van der Waals surface area (Å²) in [5.41, 5.74) is 1.79. The molecular weight excluding hydrogens is 307 g/mol. The Labute approximate surface area is 131 Å². The second kappa shape index (κ2) is 5.72. The van der Waals surface area contributed by atoms with Crippen LogP contribution in [0.5, 0.6) is 0 Å². The van der Waals surface area contributed by atoms with Crippen molar-refractivity contribution in [2.45, 2.75) is 0 Å². The maximum atomic E-state index is 12.5. The van der Waals surface area contributed by atoms with Gasteiger partial charge >= 0.3 is 0 Å². The quantitative estimate of drug-likeness (QED) is 0.690. The van der Waals surface area contributed by atoms with Gasteiger partial charge in [-0.25, -0.2) is 4.98 Å². The zero-order valence-corrected chi connectivity index (χ0v) is 12.3. The highest BCUT2D eigenvalue weighted by atomic mass is 35.5. The number of carbonyl (C=O) groups is 1. The molecule has 0 atom stereocenters. The minimum atomic E-state index is -0.252. The van der Waals surface area contributed by atoms with Crippen LogP contribution in [0.15, 0.2) is 54.6 Å². The fourth-order valence-corrected chi connectivity index (χ4v) is 2.49. The van der Waals surface area contributed by atoms with Crippen molar-refractivity contribution in [1.29, 1.82) is 0 Å². The van der Waals surface area contributed by atoms with Gasteiger partial charge < -0.3 is 5.32 Å². The van der Waals surface area contributed by atoms with Crippen LogP contribution in [0.2, 0.25) is 10.2 Å². The number of aromatic nitrogens is 1. The second-order valence-electron chi connectivity index (χ2n) is 4.47. The van der Waals surface area contributed by atoms with E-state index in [9.17, 15) is 4.79 Å². The van der Waals surface area contributed by atoms with Gasteiger partial charge in [-0.05, 0) is 30.3 Å². The number of halogens is 2. The molecule has 0 unspecified atom stereocenters. The normalized spacial score (nSPS) is 10.6. The average molecular weight is 317 g/mol. The summed E-state index contributed by atoms with van der Waals surface area (Å²) in [6.45, 7) is 0. The Kier molecular flexibility index (Phi) is 3.78. The molecule has 0 bridgehead atoms.